The van der Waals surface area contributed by atoms with Gasteiger partial charge in [0.2, 0.25) is 0 Å². The van der Waals surface area contributed by atoms with E-state index in [2.05, 4.69) is 216 Å². The van der Waals surface area contributed by atoms with Gasteiger partial charge < -0.3 is 9.13 Å². The Balaban J connectivity index is 1.21. The lowest BCUT2D eigenvalue weighted by molar-refractivity contribution is -0.137. The number of aryl methyl sites for hydroxylation is 9. The van der Waals surface area contributed by atoms with Crippen molar-refractivity contribution >= 4 is 43.6 Å². The van der Waals surface area contributed by atoms with Gasteiger partial charge in [-0.3, -0.25) is 0 Å². The van der Waals surface area contributed by atoms with Crippen LogP contribution >= 0.6 is 0 Å². The van der Waals surface area contributed by atoms with Crippen molar-refractivity contribution in [1.29, 1.82) is 5.26 Å². The summed E-state index contributed by atoms with van der Waals surface area (Å²) in [5, 5.41) is 15.7. The maximum Gasteiger partial charge on any atom is 0.417 e. The van der Waals surface area contributed by atoms with Crippen LogP contribution in [0.15, 0.2) is 176 Å². The molecule has 0 aliphatic heterocycles. The molecule has 0 unspecified atom stereocenters. The Hall–Kier alpha value is -8.92. The molecule has 0 aliphatic rings. The summed E-state index contributed by atoms with van der Waals surface area (Å²) in [6, 6.07) is 62.6. The molecule has 0 saturated carbocycles. The normalized spacial score (nSPS) is 11.9. The number of aromatic nitrogens is 2. The second-order valence-electron chi connectivity index (χ2n) is 21.6. The number of rotatable bonds is 7. The predicted molar refractivity (Wildman–Crippen MR) is 315 cm³/mol. The molecule has 0 spiro atoms. The van der Waals surface area contributed by atoms with Crippen molar-refractivity contribution in [2.24, 2.45) is 0 Å². The summed E-state index contributed by atoms with van der Waals surface area (Å²) in [4.78, 5) is 0. The van der Waals surface area contributed by atoms with Gasteiger partial charge in [-0.25, -0.2) is 0 Å². The monoisotopic (exact) mass is 1010 g/mol. The van der Waals surface area contributed by atoms with Crippen molar-refractivity contribution in [3.8, 4) is 73.1 Å². The Bertz CT molecular complexity index is 3950. The third-order valence-electron chi connectivity index (χ3n) is 15.3. The van der Waals surface area contributed by atoms with Crippen LogP contribution in [0.25, 0.3) is 111 Å². The first-order valence-electron chi connectivity index (χ1n) is 26.2. The number of hydrogen-bond donors (Lipinski definition) is 0. The van der Waals surface area contributed by atoms with Gasteiger partial charge in [-0.1, -0.05) is 154 Å². The zero-order valence-corrected chi connectivity index (χ0v) is 44.7. The van der Waals surface area contributed by atoms with E-state index in [0.29, 0.717) is 28.1 Å². The number of alkyl halides is 3. The average Bonchev–Trinajstić information content (AvgIpc) is 4.15. The smallest absolute Gasteiger partial charge is 0.308 e. The molecule has 0 atom stereocenters. The quantitative estimate of drug-likeness (QED) is 0.157. The molecule has 6 heteroatoms. The van der Waals surface area contributed by atoms with Crippen LogP contribution < -0.4 is 0 Å². The van der Waals surface area contributed by atoms with Gasteiger partial charge in [0.25, 0.3) is 0 Å². The fraction of sp³-hybridized carbons (Fsp3) is 0.141. The highest BCUT2D eigenvalue weighted by atomic mass is 19.4. The summed E-state index contributed by atoms with van der Waals surface area (Å²) in [7, 11) is 0. The minimum absolute atomic E-state index is 0.0666. The van der Waals surface area contributed by atoms with Crippen LogP contribution in [0.3, 0.4) is 0 Å². The first kappa shape index (κ1) is 49.0. The molecule has 0 bridgehead atoms. The largest absolute Gasteiger partial charge is 0.417 e. The van der Waals surface area contributed by atoms with Gasteiger partial charge in [0, 0.05) is 21.5 Å². The number of benzene rings is 10. The van der Waals surface area contributed by atoms with E-state index in [0.717, 1.165) is 139 Å². The second kappa shape index (κ2) is 18.4. The zero-order valence-electron chi connectivity index (χ0n) is 44.7. The SMILES string of the molecule is Cc1cc(C)cc(-c2ccc3c(c2)c2cc(-c4cc(C)cc(C)c4)ccc2n3-c2cc(-c3c(C)cccc3C(F)(F)F)cc(-n3c4ccc(-c5cc(C)cc(C)c5)cc4c4cc(-c5cc(C)cc(C)c5)ccc43)c2C#N)c1. The number of nitrogens with zero attached hydrogens (tertiary/aromatic N) is 3. The Kier molecular flexibility index (Phi) is 11.7. The molecule has 3 nitrogen and oxygen atoms in total. The van der Waals surface area contributed by atoms with E-state index in [1.54, 1.807) is 25.1 Å². The third kappa shape index (κ3) is 8.66. The summed E-state index contributed by atoms with van der Waals surface area (Å²) in [5.41, 5.74) is 22.5. The van der Waals surface area contributed by atoms with Crippen LogP contribution in [0, 0.1) is 73.6 Å². The Morgan fingerprint density at radius 2 is 0.636 bits per heavy atom. The summed E-state index contributed by atoms with van der Waals surface area (Å²) in [6.45, 7) is 18.6. The molecule has 0 aliphatic carbocycles. The van der Waals surface area contributed by atoms with Crippen LogP contribution in [-0.2, 0) is 6.18 Å². The fourth-order valence-electron chi connectivity index (χ4n) is 12.4. The molecule has 0 N–H and O–H groups in total. The van der Waals surface area contributed by atoms with Gasteiger partial charge in [-0.2, -0.15) is 18.4 Å². The highest BCUT2D eigenvalue weighted by molar-refractivity contribution is 6.14. The second-order valence-corrected chi connectivity index (χ2v) is 21.6. The summed E-state index contributed by atoms with van der Waals surface area (Å²) >= 11 is 0. The molecule has 0 fully saturated rings. The highest BCUT2D eigenvalue weighted by Crippen LogP contribution is 2.46. The van der Waals surface area contributed by atoms with Crippen LogP contribution in [0.5, 0.6) is 0 Å². The van der Waals surface area contributed by atoms with Gasteiger partial charge >= 0.3 is 6.18 Å². The van der Waals surface area contributed by atoms with Gasteiger partial charge in [0.05, 0.1) is 39.0 Å². The van der Waals surface area contributed by atoms with Gasteiger partial charge in [-0.15, -0.1) is 0 Å². The maximum atomic E-state index is 15.5. The topological polar surface area (TPSA) is 33.6 Å². The fourth-order valence-corrected chi connectivity index (χ4v) is 12.4. The molecule has 10 aromatic carbocycles. The first-order chi connectivity index (χ1) is 36.9. The van der Waals surface area contributed by atoms with Crippen molar-refractivity contribution in [2.45, 2.75) is 68.5 Å². The van der Waals surface area contributed by atoms with Gasteiger partial charge in [0.1, 0.15) is 11.6 Å². The Morgan fingerprint density at radius 1 is 0.338 bits per heavy atom. The van der Waals surface area contributed by atoms with Crippen LogP contribution in [-0.4, -0.2) is 9.13 Å². The lowest BCUT2D eigenvalue weighted by Crippen LogP contribution is -2.10. The number of hydrogen-bond acceptors (Lipinski definition) is 1. The molecular formula is C71H56F3N3. The zero-order chi connectivity index (χ0) is 53.8. The third-order valence-corrected chi connectivity index (χ3v) is 15.3. The molecule has 2 aromatic heterocycles. The molecule has 77 heavy (non-hydrogen) atoms. The molecule has 376 valence electrons. The van der Waals surface area contributed by atoms with E-state index in [1.807, 2.05) is 0 Å². The van der Waals surface area contributed by atoms with Crippen LogP contribution in [0.4, 0.5) is 13.2 Å². The van der Waals surface area contributed by atoms with Crippen LogP contribution in [0.2, 0.25) is 0 Å². The summed E-state index contributed by atoms with van der Waals surface area (Å²) in [6.07, 6.45) is -4.67. The molecular weight excluding hydrogens is 952 g/mol. The van der Waals surface area contributed by atoms with Crippen molar-refractivity contribution in [2.75, 3.05) is 0 Å². The average molecular weight is 1010 g/mol. The minimum atomic E-state index is -4.67. The first-order valence-corrected chi connectivity index (χ1v) is 26.2. The molecule has 2 heterocycles. The summed E-state index contributed by atoms with van der Waals surface area (Å²) < 4.78 is 50.7. The van der Waals surface area contributed by atoms with E-state index in [-0.39, 0.29) is 5.56 Å². The lowest BCUT2D eigenvalue weighted by atomic mass is 9.92. The van der Waals surface area contributed by atoms with Crippen LogP contribution in [0.1, 0.15) is 61.2 Å². The van der Waals surface area contributed by atoms with E-state index in [4.69, 9.17) is 0 Å². The van der Waals surface area contributed by atoms with Crippen molar-refractivity contribution in [3.05, 3.63) is 237 Å². The molecule has 0 saturated heterocycles. The Labute approximate surface area is 447 Å². The number of nitriles is 1. The highest BCUT2D eigenvalue weighted by Gasteiger charge is 2.35. The van der Waals surface area contributed by atoms with Gasteiger partial charge in [0.15, 0.2) is 0 Å². The number of fused-ring (bicyclic) bond motifs is 6. The predicted octanol–water partition coefficient (Wildman–Crippen LogP) is 19.9. The Morgan fingerprint density at radius 3 is 0.909 bits per heavy atom. The van der Waals surface area contributed by atoms with Crippen molar-refractivity contribution < 1.29 is 13.2 Å². The van der Waals surface area contributed by atoms with Gasteiger partial charge in [-0.05, 0) is 190 Å². The summed E-state index contributed by atoms with van der Waals surface area (Å²) in [5.74, 6) is 0. The number of halogens is 3. The van der Waals surface area contributed by atoms with E-state index in [1.165, 1.54) is 6.07 Å². The van der Waals surface area contributed by atoms with E-state index in [9.17, 15) is 5.26 Å². The molecule has 0 amide bonds. The van der Waals surface area contributed by atoms with E-state index < -0.39 is 11.7 Å². The molecule has 12 aromatic rings. The minimum Gasteiger partial charge on any atom is -0.308 e. The maximum absolute atomic E-state index is 15.5. The standard InChI is InChI=1S/C71H56F3N3/c1-40-21-41(2)26-53(25-40)49-13-17-64-58(33-49)59-34-50(54-27-42(3)22-43(4)28-54)14-18-65(59)76(64)68-37-57(70-48(9)11-10-12-63(70)71(72,73)74)38-69(62(68)39-75)77-66-19-15-51(55-29-44(5)23-45(6)30-55)35-60(66)61-36-52(16-20-67(61)77)56-31-46(7)24-47(8)32-56/h10-38H,1-9H3. The van der Waals surface area contributed by atoms with Crippen molar-refractivity contribution in [3.63, 3.8) is 0 Å². The van der Waals surface area contributed by atoms with E-state index >= 15 is 13.2 Å². The lowest BCUT2D eigenvalue weighted by Gasteiger charge is -2.21. The van der Waals surface area contributed by atoms with Crippen molar-refractivity contribution in [1.82, 2.24) is 9.13 Å². The molecule has 12 rings (SSSR count). The molecule has 0 radical (unpaired) electrons.